The van der Waals surface area contributed by atoms with E-state index in [1.54, 1.807) is 42.6 Å². The highest BCUT2D eigenvalue weighted by Crippen LogP contribution is 2.25. The number of nitrogens with one attached hydrogen (secondary N) is 1. The van der Waals surface area contributed by atoms with E-state index >= 15 is 0 Å². The summed E-state index contributed by atoms with van der Waals surface area (Å²) >= 11 is 1.45. The molecule has 4 aromatic carbocycles. The number of aliphatic imine (C=N–C) groups is 3. The molecule has 4 N–H and O–H groups in total. The number of carboxylic acid groups (broad SMARTS) is 1. The molecule has 0 bridgehead atoms. The lowest BCUT2D eigenvalue weighted by atomic mass is 10.1. The minimum atomic E-state index is -2.89. The molecule has 0 fully saturated rings. The normalized spacial score (nSPS) is 12.3. The Morgan fingerprint density at radius 3 is 2.22 bits per heavy atom. The molecule has 9 nitrogen and oxygen atoms in total. The summed E-state index contributed by atoms with van der Waals surface area (Å²) in [7, 11) is 0. The molecule has 0 saturated carbocycles. The van der Waals surface area contributed by atoms with Crippen LogP contribution in [0.1, 0.15) is 38.2 Å². The molecule has 0 unspecified atom stereocenters. The molecule has 0 atom stereocenters. The number of hydrogen-bond donors (Lipinski definition) is 3. The van der Waals surface area contributed by atoms with Crippen molar-refractivity contribution in [2.75, 3.05) is 0 Å². The third kappa shape index (κ3) is 10.1. The molecule has 0 radical (unpaired) electrons. The fourth-order valence-electron chi connectivity index (χ4n) is 3.92. The third-order valence-electron chi connectivity index (χ3n) is 6.28. The number of hydrogen-bond acceptors (Lipinski definition) is 6. The lowest BCUT2D eigenvalue weighted by Crippen LogP contribution is -2.15. The van der Waals surface area contributed by atoms with Crippen LogP contribution in [0.15, 0.2) is 111 Å². The van der Waals surface area contributed by atoms with Gasteiger partial charge in [-0.1, -0.05) is 66.4 Å². The van der Waals surface area contributed by atoms with Crippen molar-refractivity contribution in [3.63, 3.8) is 0 Å². The number of carbonyl (C=O) groups is 1. The van der Waals surface area contributed by atoms with Crippen molar-refractivity contribution in [1.29, 1.82) is 0 Å². The van der Waals surface area contributed by atoms with E-state index in [9.17, 15) is 13.6 Å². The predicted octanol–water partition coefficient (Wildman–Crippen LogP) is 7.21. The van der Waals surface area contributed by atoms with Gasteiger partial charge in [0.15, 0.2) is 5.17 Å². The van der Waals surface area contributed by atoms with Crippen molar-refractivity contribution in [2.45, 2.75) is 26.2 Å². The second-order valence-electron chi connectivity index (χ2n) is 9.57. The number of hydrazone groups is 1. The summed E-state index contributed by atoms with van der Waals surface area (Å²) in [5.41, 5.74) is 15.2. The quantitative estimate of drug-likeness (QED) is 0.0913. The van der Waals surface area contributed by atoms with Gasteiger partial charge in [-0.15, -0.1) is 0 Å². The topological polar surface area (TPSA) is 134 Å². The van der Waals surface area contributed by atoms with Gasteiger partial charge in [0.05, 0.1) is 23.2 Å². The van der Waals surface area contributed by atoms with Crippen LogP contribution in [0.5, 0.6) is 5.75 Å². The highest BCUT2D eigenvalue weighted by atomic mass is 32.2. The van der Waals surface area contributed by atoms with Crippen LogP contribution in [0.4, 0.5) is 20.2 Å². The van der Waals surface area contributed by atoms with Crippen molar-refractivity contribution in [1.82, 2.24) is 5.43 Å². The summed E-state index contributed by atoms with van der Waals surface area (Å²) in [5.74, 6) is -0.126. The van der Waals surface area contributed by atoms with Gasteiger partial charge in [0, 0.05) is 11.3 Å². The van der Waals surface area contributed by atoms with Crippen molar-refractivity contribution in [3.05, 3.63) is 124 Å². The number of carboxylic acids is 1. The number of amidine groups is 2. The Labute approximate surface area is 263 Å². The van der Waals surface area contributed by atoms with Gasteiger partial charge in [-0.3, -0.25) is 5.43 Å². The zero-order chi connectivity index (χ0) is 32.2. The smallest absolute Gasteiger partial charge is 0.387 e. The second-order valence-corrected chi connectivity index (χ2v) is 10.5. The van der Waals surface area contributed by atoms with Crippen molar-refractivity contribution in [2.24, 2.45) is 25.8 Å². The van der Waals surface area contributed by atoms with Crippen LogP contribution in [0, 0.1) is 13.8 Å². The highest BCUT2D eigenvalue weighted by Gasteiger charge is 2.08. The Hall–Kier alpha value is -5.36. The first-order chi connectivity index (χ1) is 21.7. The van der Waals surface area contributed by atoms with Crippen LogP contribution in [0.2, 0.25) is 0 Å². The Morgan fingerprint density at radius 2 is 1.60 bits per heavy atom. The summed E-state index contributed by atoms with van der Waals surface area (Å²) in [5, 5.41) is 14.1. The Kier molecular flexibility index (Phi) is 11.5. The van der Waals surface area contributed by atoms with Crippen molar-refractivity contribution < 1.29 is 23.4 Å². The van der Waals surface area contributed by atoms with Crippen LogP contribution < -0.4 is 15.9 Å². The molecule has 45 heavy (non-hydrogen) atoms. The first-order valence-corrected chi connectivity index (χ1v) is 14.6. The number of halogens is 2. The van der Waals surface area contributed by atoms with Gasteiger partial charge in [-0.2, -0.15) is 13.9 Å². The van der Waals surface area contributed by atoms with Gasteiger partial charge in [0.1, 0.15) is 17.9 Å². The molecule has 4 aromatic rings. The van der Waals surface area contributed by atoms with Gasteiger partial charge in [-0.25, -0.2) is 19.8 Å². The third-order valence-corrected chi connectivity index (χ3v) is 7.21. The maximum Gasteiger partial charge on any atom is 0.387 e. The fourth-order valence-corrected chi connectivity index (χ4v) is 4.69. The lowest BCUT2D eigenvalue weighted by molar-refractivity contribution is -0.0498. The van der Waals surface area contributed by atoms with Gasteiger partial charge in [0.2, 0.25) is 0 Å². The van der Waals surface area contributed by atoms with Crippen molar-refractivity contribution in [3.8, 4) is 5.75 Å². The van der Waals surface area contributed by atoms with E-state index in [1.165, 1.54) is 42.4 Å². The van der Waals surface area contributed by atoms with Gasteiger partial charge in [0.25, 0.3) is 0 Å². The van der Waals surface area contributed by atoms with E-state index < -0.39 is 12.6 Å². The number of benzene rings is 4. The highest BCUT2D eigenvalue weighted by molar-refractivity contribution is 8.13. The predicted molar refractivity (Wildman–Crippen MR) is 177 cm³/mol. The van der Waals surface area contributed by atoms with Crippen LogP contribution in [-0.2, 0) is 5.75 Å². The number of nitrogens with zero attached hydrogens (tertiary/aromatic N) is 4. The van der Waals surface area contributed by atoms with Gasteiger partial charge in [-0.05, 0) is 72.5 Å². The van der Waals surface area contributed by atoms with Crippen LogP contribution >= 0.6 is 11.8 Å². The zero-order valence-corrected chi connectivity index (χ0v) is 25.2. The number of thioether (sulfide) groups is 1. The molecular formula is C33H30F2N6O3S. The standard InChI is InChI=1S/C33H30F2N6O3S/c1-21-4-3-5-22(2)29(21)40-33(45-19-24-8-12-26(13-9-24)31(42)43)41-39-18-23-6-10-25(11-7-23)30(36)38-20-37-27-14-16-28(17-15-27)44-32(34)35/h3-18,20,32H,19H2,1-2H3,(H,40,41)(H,42,43)(H2,36,37,38)/b39-18+. The number of aryl methyl sites for hydroxylation is 2. The lowest BCUT2D eigenvalue weighted by Gasteiger charge is -2.09. The minimum Gasteiger partial charge on any atom is -0.478 e. The Morgan fingerprint density at radius 1 is 0.956 bits per heavy atom. The fraction of sp³-hybridized carbons (Fsp3) is 0.121. The van der Waals surface area contributed by atoms with E-state index in [4.69, 9.17) is 15.8 Å². The van der Waals surface area contributed by atoms with E-state index in [-0.39, 0.29) is 17.1 Å². The average molecular weight is 629 g/mol. The summed E-state index contributed by atoms with van der Waals surface area (Å²) in [6.07, 6.45) is 2.94. The van der Waals surface area contributed by atoms with Gasteiger partial charge < -0.3 is 15.6 Å². The molecule has 0 amide bonds. The molecule has 0 saturated heterocycles. The SMILES string of the molecule is Cc1cccc(C)c1N=C(N/N=C/c1ccc(C(N)=NC=Nc2ccc(OC(F)F)cc2)cc1)SCc1ccc(C(=O)O)cc1. The van der Waals surface area contributed by atoms with Crippen LogP contribution in [0.25, 0.3) is 0 Å². The summed E-state index contributed by atoms with van der Waals surface area (Å²) in [6, 6.07) is 25.8. The maximum atomic E-state index is 12.3. The molecule has 0 aliphatic carbocycles. The number of alkyl halides is 2. The first kappa shape index (κ1) is 32.6. The minimum absolute atomic E-state index is 0.0410. The van der Waals surface area contributed by atoms with E-state index in [2.05, 4.69) is 25.2 Å². The number of rotatable bonds is 11. The second kappa shape index (κ2) is 15.9. The number of ether oxygens (including phenoxy) is 1. The molecule has 0 heterocycles. The molecule has 0 aliphatic heterocycles. The first-order valence-electron chi connectivity index (χ1n) is 13.6. The summed E-state index contributed by atoms with van der Waals surface area (Å²) in [4.78, 5) is 24.3. The van der Waals surface area contributed by atoms with E-state index in [1.807, 2.05) is 44.2 Å². The number of para-hydroxylation sites is 1. The largest absolute Gasteiger partial charge is 0.478 e. The van der Waals surface area contributed by atoms with Crippen molar-refractivity contribution >= 4 is 52.7 Å². The van der Waals surface area contributed by atoms with E-state index in [0.29, 0.717) is 22.2 Å². The Balaban J connectivity index is 1.41. The molecule has 12 heteroatoms. The molecule has 4 rings (SSSR count). The van der Waals surface area contributed by atoms with Crippen LogP contribution in [0.3, 0.4) is 0 Å². The molecule has 0 aromatic heterocycles. The maximum absolute atomic E-state index is 12.3. The van der Waals surface area contributed by atoms with E-state index in [0.717, 1.165) is 27.9 Å². The van der Waals surface area contributed by atoms with Gasteiger partial charge >= 0.3 is 12.6 Å². The zero-order valence-electron chi connectivity index (χ0n) is 24.4. The molecule has 230 valence electrons. The number of nitrogens with two attached hydrogens (primary N) is 1. The monoisotopic (exact) mass is 628 g/mol. The summed E-state index contributed by atoms with van der Waals surface area (Å²) < 4.78 is 28.9. The Bertz CT molecular complexity index is 1700. The van der Waals surface area contributed by atoms with Crippen LogP contribution in [-0.4, -0.2) is 41.2 Å². The molecular weight excluding hydrogens is 598 g/mol. The summed E-state index contributed by atoms with van der Waals surface area (Å²) in [6.45, 7) is 1.10. The molecule has 0 aliphatic rings. The number of aromatic carboxylic acids is 1. The molecule has 0 spiro atoms. The average Bonchev–Trinajstić information content (AvgIpc) is 3.02.